The van der Waals surface area contributed by atoms with Gasteiger partial charge >= 0.3 is 0 Å². The summed E-state index contributed by atoms with van der Waals surface area (Å²) in [6, 6.07) is 5.65. The molecule has 1 aromatic heterocycles. The second-order valence-corrected chi connectivity index (χ2v) is 3.77. The van der Waals surface area contributed by atoms with Crippen molar-refractivity contribution < 1.29 is 9.45 Å². The molecular weight excluding hydrogens is 236 g/mol. The summed E-state index contributed by atoms with van der Waals surface area (Å²) in [6.45, 7) is 1.92. The average Bonchev–Trinajstić information content (AvgIpc) is 2.87. The molecule has 7 heteroatoms. The lowest BCUT2D eigenvalue weighted by Crippen LogP contribution is -2.08. The number of nitro groups is 1. The Balaban J connectivity index is 2.26. The molecule has 0 aliphatic rings. The minimum atomic E-state index is -0.460. The number of aromatic nitrogens is 2. The second-order valence-electron chi connectivity index (χ2n) is 3.77. The normalized spacial score (nSPS) is 12.3. The number of non-ortho nitro benzene ring substituents is 1. The molecule has 0 amide bonds. The highest BCUT2D eigenvalue weighted by Crippen LogP contribution is 2.21. The molecule has 0 saturated heterocycles. The van der Waals surface area contributed by atoms with Crippen LogP contribution in [0.25, 0.3) is 11.4 Å². The van der Waals surface area contributed by atoms with Gasteiger partial charge in [0.1, 0.15) is 0 Å². The summed E-state index contributed by atoms with van der Waals surface area (Å²) in [5.41, 5.74) is 6.44. The van der Waals surface area contributed by atoms with Crippen molar-refractivity contribution in [3.05, 3.63) is 40.3 Å². The first-order chi connectivity index (χ1) is 8.61. The maximum atomic E-state index is 10.5. The molecule has 2 rings (SSSR count). The van der Waals surface area contributed by atoms with E-state index in [-0.39, 0.29) is 11.7 Å². The summed E-state index contributed by atoms with van der Waals surface area (Å²) in [5, 5.41) is 14.3. The largest absolute Gasteiger partial charge is 0.337 e. The molecule has 0 aliphatic carbocycles. The van der Waals surface area contributed by atoms with Gasteiger partial charge in [0.15, 0.2) is 0 Å². The van der Waals surface area contributed by atoms with Gasteiger partial charge in [-0.1, -0.05) is 12.1 Å². The van der Waals surface area contributed by atoms with Gasteiger partial charge in [-0.3, -0.25) is 10.1 Å². The highest BCUT2D eigenvalue weighted by Gasteiger charge is 2.14. The molecular formula is C11H12N4O3. The third-order valence-electron chi connectivity index (χ3n) is 2.54. The summed E-state index contributed by atoms with van der Waals surface area (Å²) in [4.78, 5) is 14.2. The molecule has 18 heavy (non-hydrogen) atoms. The minimum Gasteiger partial charge on any atom is -0.337 e. The lowest BCUT2D eigenvalue weighted by molar-refractivity contribution is -0.384. The van der Waals surface area contributed by atoms with Crippen molar-refractivity contribution in [2.24, 2.45) is 5.73 Å². The number of hydrogen-bond donors (Lipinski definition) is 1. The minimum absolute atomic E-state index is 0.0210. The number of hydrogen-bond acceptors (Lipinski definition) is 6. The third kappa shape index (κ3) is 2.35. The molecule has 1 heterocycles. The fourth-order valence-electron chi connectivity index (χ4n) is 1.41. The van der Waals surface area contributed by atoms with Crippen molar-refractivity contribution in [3.63, 3.8) is 0 Å². The first-order valence-corrected chi connectivity index (χ1v) is 5.46. The summed E-state index contributed by atoms with van der Waals surface area (Å²) < 4.78 is 5.03. The van der Waals surface area contributed by atoms with Gasteiger partial charge in [0.2, 0.25) is 11.7 Å². The Labute approximate surface area is 103 Å². The zero-order valence-corrected chi connectivity index (χ0v) is 9.74. The quantitative estimate of drug-likeness (QED) is 0.655. The Hall–Kier alpha value is -2.28. The van der Waals surface area contributed by atoms with E-state index in [1.807, 2.05) is 6.92 Å². The van der Waals surface area contributed by atoms with Crippen LogP contribution in [0.4, 0.5) is 5.69 Å². The van der Waals surface area contributed by atoms with Gasteiger partial charge in [0, 0.05) is 17.7 Å². The standard InChI is InChI=1S/C11H12N4O3/c1-2-9(12)11-13-10(14-18-11)7-3-5-8(6-4-7)15(16)17/h3-6,9H,2,12H2,1H3. The summed E-state index contributed by atoms with van der Waals surface area (Å²) in [6.07, 6.45) is 0.696. The third-order valence-corrected chi connectivity index (χ3v) is 2.54. The van der Waals surface area contributed by atoms with Crippen LogP contribution in [0.2, 0.25) is 0 Å². The Morgan fingerprint density at radius 3 is 2.67 bits per heavy atom. The molecule has 0 bridgehead atoms. The van der Waals surface area contributed by atoms with Crippen molar-refractivity contribution in [1.82, 2.24) is 10.1 Å². The lowest BCUT2D eigenvalue weighted by atomic mass is 10.2. The van der Waals surface area contributed by atoms with Gasteiger partial charge in [0.25, 0.3) is 5.69 Å². The van der Waals surface area contributed by atoms with Crippen molar-refractivity contribution in [3.8, 4) is 11.4 Å². The molecule has 2 aromatic rings. The van der Waals surface area contributed by atoms with Crippen LogP contribution < -0.4 is 5.73 Å². The van der Waals surface area contributed by atoms with E-state index in [1.165, 1.54) is 12.1 Å². The van der Waals surface area contributed by atoms with E-state index in [0.29, 0.717) is 23.7 Å². The molecule has 1 atom stereocenters. The summed E-state index contributed by atoms with van der Waals surface area (Å²) in [5.74, 6) is 0.745. The van der Waals surface area contributed by atoms with E-state index in [9.17, 15) is 10.1 Å². The topological polar surface area (TPSA) is 108 Å². The van der Waals surface area contributed by atoms with E-state index < -0.39 is 4.92 Å². The Morgan fingerprint density at radius 1 is 1.44 bits per heavy atom. The Bertz CT molecular complexity index is 550. The van der Waals surface area contributed by atoms with Crippen molar-refractivity contribution in [2.45, 2.75) is 19.4 Å². The van der Waals surface area contributed by atoms with Crippen molar-refractivity contribution in [2.75, 3.05) is 0 Å². The highest BCUT2D eigenvalue weighted by atomic mass is 16.6. The van der Waals surface area contributed by atoms with Crippen LogP contribution in [0.15, 0.2) is 28.8 Å². The van der Waals surface area contributed by atoms with Crippen LogP contribution in [-0.2, 0) is 0 Å². The van der Waals surface area contributed by atoms with E-state index in [1.54, 1.807) is 12.1 Å². The Kier molecular flexibility index (Phi) is 3.33. The smallest absolute Gasteiger partial charge is 0.269 e. The van der Waals surface area contributed by atoms with Crippen molar-refractivity contribution in [1.29, 1.82) is 0 Å². The number of nitrogens with two attached hydrogens (primary N) is 1. The maximum Gasteiger partial charge on any atom is 0.269 e. The SMILES string of the molecule is CCC(N)c1nc(-c2ccc([N+](=O)[O-])cc2)no1. The molecule has 0 radical (unpaired) electrons. The maximum absolute atomic E-state index is 10.5. The molecule has 0 fully saturated rings. The van der Waals surface area contributed by atoms with Gasteiger partial charge in [-0.25, -0.2) is 0 Å². The van der Waals surface area contributed by atoms with E-state index >= 15 is 0 Å². The average molecular weight is 248 g/mol. The van der Waals surface area contributed by atoms with E-state index in [0.717, 1.165) is 0 Å². The first-order valence-electron chi connectivity index (χ1n) is 5.46. The predicted molar refractivity (Wildman–Crippen MR) is 63.6 cm³/mol. The molecule has 1 aromatic carbocycles. The van der Waals surface area contributed by atoms with Crippen LogP contribution in [-0.4, -0.2) is 15.1 Å². The number of nitrogens with zero attached hydrogens (tertiary/aromatic N) is 3. The van der Waals surface area contributed by atoms with Gasteiger partial charge in [0.05, 0.1) is 11.0 Å². The zero-order chi connectivity index (χ0) is 13.1. The van der Waals surface area contributed by atoms with Crippen LogP contribution in [0.3, 0.4) is 0 Å². The number of benzene rings is 1. The van der Waals surface area contributed by atoms with Crippen LogP contribution in [0.1, 0.15) is 25.3 Å². The number of nitro benzene ring substituents is 1. The van der Waals surface area contributed by atoms with Gasteiger partial charge in [-0.15, -0.1) is 0 Å². The van der Waals surface area contributed by atoms with Crippen LogP contribution >= 0.6 is 0 Å². The van der Waals surface area contributed by atoms with Gasteiger partial charge in [-0.05, 0) is 18.6 Å². The fraction of sp³-hybridized carbons (Fsp3) is 0.273. The van der Waals surface area contributed by atoms with Crippen LogP contribution in [0, 0.1) is 10.1 Å². The fourth-order valence-corrected chi connectivity index (χ4v) is 1.41. The van der Waals surface area contributed by atoms with E-state index in [4.69, 9.17) is 10.3 Å². The Morgan fingerprint density at radius 2 is 2.11 bits per heavy atom. The molecule has 94 valence electrons. The van der Waals surface area contributed by atoms with Gasteiger partial charge < -0.3 is 10.3 Å². The monoisotopic (exact) mass is 248 g/mol. The molecule has 0 aliphatic heterocycles. The molecule has 7 nitrogen and oxygen atoms in total. The van der Waals surface area contributed by atoms with E-state index in [2.05, 4.69) is 10.1 Å². The van der Waals surface area contributed by atoms with Crippen molar-refractivity contribution >= 4 is 5.69 Å². The second kappa shape index (κ2) is 4.92. The summed E-state index contributed by atoms with van der Waals surface area (Å²) in [7, 11) is 0. The lowest BCUT2D eigenvalue weighted by Gasteiger charge is -1.99. The zero-order valence-electron chi connectivity index (χ0n) is 9.74. The molecule has 1 unspecified atom stereocenters. The number of rotatable bonds is 4. The summed E-state index contributed by atoms with van der Waals surface area (Å²) >= 11 is 0. The van der Waals surface area contributed by atoms with Gasteiger partial charge in [-0.2, -0.15) is 4.98 Å². The predicted octanol–water partition coefficient (Wildman–Crippen LogP) is 2.05. The molecule has 0 spiro atoms. The van der Waals surface area contributed by atoms with Crippen LogP contribution in [0.5, 0.6) is 0 Å². The molecule has 0 saturated carbocycles. The molecule has 2 N–H and O–H groups in total. The first kappa shape index (κ1) is 12.2. The highest BCUT2D eigenvalue weighted by molar-refractivity contribution is 5.56.